The van der Waals surface area contributed by atoms with Crippen LogP contribution < -0.4 is 15.6 Å². The zero-order chi connectivity index (χ0) is 18.2. The van der Waals surface area contributed by atoms with E-state index >= 15 is 0 Å². The fourth-order valence-corrected chi connectivity index (χ4v) is 10.4. The molecular weight excluding hydrogens is 352 g/mol. The van der Waals surface area contributed by atoms with Crippen molar-refractivity contribution in [1.82, 2.24) is 7.81 Å². The molecule has 0 unspecified atom stereocenters. The summed E-state index contributed by atoms with van der Waals surface area (Å²) in [6, 6.07) is 33.1. The molecule has 0 spiro atoms. The number of benzene rings is 3. The summed E-state index contributed by atoms with van der Waals surface area (Å²) < 4.78 is 5.00. The maximum Gasteiger partial charge on any atom is 0.292 e. The summed E-state index contributed by atoms with van der Waals surface area (Å²) in [4.78, 5) is 0. The van der Waals surface area contributed by atoms with Gasteiger partial charge in [0.1, 0.15) is 0 Å². The first-order chi connectivity index (χ1) is 12.5. The van der Waals surface area contributed by atoms with E-state index in [-0.39, 0.29) is 5.54 Å². The van der Waals surface area contributed by atoms with Crippen LogP contribution in [0.3, 0.4) is 0 Å². The molecule has 0 aliphatic heterocycles. The summed E-state index contributed by atoms with van der Waals surface area (Å²) in [6.07, 6.45) is 0. The standard InChI is InChI=1S/C22H24N2SSi/c1-22(2,3)23-24(25-23)26(19-13-7-4-8-14-19,20-15-9-5-10-16-20)21-17-11-6-12-18-21/h4-18H,1-3H3. The summed E-state index contributed by atoms with van der Waals surface area (Å²) in [6.45, 7) is 6.83. The fraction of sp³-hybridized carbons (Fsp3) is 0.182. The van der Waals surface area contributed by atoms with Crippen molar-refractivity contribution in [2.45, 2.75) is 26.3 Å². The molecule has 2 nitrogen and oxygen atoms in total. The Labute approximate surface area is 160 Å². The molecule has 0 fully saturated rings. The Morgan fingerprint density at radius 2 is 0.962 bits per heavy atom. The molecule has 0 radical (unpaired) electrons. The maximum atomic E-state index is 2.56. The van der Waals surface area contributed by atoms with Crippen molar-refractivity contribution in [3.63, 3.8) is 0 Å². The van der Waals surface area contributed by atoms with Crippen LogP contribution in [0.15, 0.2) is 91.0 Å². The lowest BCUT2D eigenvalue weighted by atomic mass is 10.1. The van der Waals surface area contributed by atoms with Gasteiger partial charge in [-0.1, -0.05) is 91.0 Å². The third-order valence-corrected chi connectivity index (χ3v) is 11.3. The van der Waals surface area contributed by atoms with E-state index in [4.69, 9.17) is 0 Å². The summed E-state index contributed by atoms with van der Waals surface area (Å²) in [7, 11) is -2.34. The highest BCUT2D eigenvalue weighted by Crippen LogP contribution is 2.28. The quantitative estimate of drug-likeness (QED) is 0.380. The molecular formula is C22H24N2SSi. The second kappa shape index (κ2) is 6.45. The lowest BCUT2D eigenvalue weighted by Crippen LogP contribution is -2.71. The van der Waals surface area contributed by atoms with Gasteiger partial charge in [0.15, 0.2) is 0 Å². The molecule has 0 saturated heterocycles. The molecule has 0 aliphatic rings. The van der Waals surface area contributed by atoms with Gasteiger partial charge in [-0.05, 0) is 36.3 Å². The van der Waals surface area contributed by atoms with Gasteiger partial charge in [-0.15, -0.1) is 0 Å². The predicted octanol–water partition coefficient (Wildman–Crippen LogP) is 3.62. The van der Waals surface area contributed by atoms with Gasteiger partial charge < -0.3 is 0 Å². The molecule has 4 rings (SSSR count). The Balaban J connectivity index is 2.06. The highest BCUT2D eigenvalue weighted by Gasteiger charge is 2.48. The second-order valence-electron chi connectivity index (χ2n) is 7.61. The van der Waals surface area contributed by atoms with Crippen molar-refractivity contribution >= 4 is 35.5 Å². The van der Waals surface area contributed by atoms with Crippen LogP contribution in [0.25, 0.3) is 0 Å². The van der Waals surface area contributed by atoms with Gasteiger partial charge in [0.05, 0.1) is 5.54 Å². The molecule has 0 N–H and O–H groups in total. The summed E-state index contributed by atoms with van der Waals surface area (Å²) in [5.74, 6) is 0. The highest BCUT2D eigenvalue weighted by atomic mass is 32.1. The lowest BCUT2D eigenvalue weighted by molar-refractivity contribution is 0.406. The minimum Gasteiger partial charge on any atom is -0.231 e. The van der Waals surface area contributed by atoms with Crippen LogP contribution in [0, 0.1) is 0 Å². The zero-order valence-corrected chi connectivity index (χ0v) is 17.3. The van der Waals surface area contributed by atoms with Gasteiger partial charge in [0, 0.05) is 11.7 Å². The monoisotopic (exact) mass is 376 g/mol. The number of nitrogens with zero attached hydrogens (tertiary/aromatic N) is 2. The maximum absolute atomic E-state index is 2.56. The van der Waals surface area contributed by atoms with Crippen LogP contribution in [0.1, 0.15) is 20.8 Å². The number of hydrogen-bond donors (Lipinski definition) is 0. The minimum absolute atomic E-state index is 0.0846. The van der Waals surface area contributed by atoms with Crippen molar-refractivity contribution in [2.75, 3.05) is 0 Å². The fourth-order valence-electron chi connectivity index (χ4n) is 3.52. The van der Waals surface area contributed by atoms with Gasteiger partial charge in [0.2, 0.25) is 0 Å². The van der Waals surface area contributed by atoms with E-state index in [0.29, 0.717) is 0 Å². The van der Waals surface area contributed by atoms with Crippen LogP contribution in [-0.2, 0) is 5.54 Å². The molecule has 1 heterocycles. The van der Waals surface area contributed by atoms with Crippen molar-refractivity contribution in [2.24, 2.45) is 0 Å². The van der Waals surface area contributed by atoms with Crippen LogP contribution >= 0.6 is 11.7 Å². The Kier molecular flexibility index (Phi) is 4.25. The van der Waals surface area contributed by atoms with E-state index in [1.54, 1.807) is 0 Å². The molecule has 1 aromatic heterocycles. The largest absolute Gasteiger partial charge is 0.292 e. The molecule has 0 aliphatic carbocycles. The van der Waals surface area contributed by atoms with Gasteiger partial charge in [0.25, 0.3) is 8.24 Å². The third kappa shape index (κ3) is 2.79. The van der Waals surface area contributed by atoms with E-state index in [1.165, 1.54) is 15.6 Å². The topological polar surface area (TPSA) is 9.86 Å². The minimum atomic E-state index is -2.34. The molecule has 0 saturated carbocycles. The molecule has 0 bridgehead atoms. The highest BCUT2D eigenvalue weighted by molar-refractivity contribution is 7.22. The Bertz CT molecular complexity index is 863. The van der Waals surface area contributed by atoms with Gasteiger partial charge in [-0.25, -0.2) is 7.81 Å². The van der Waals surface area contributed by atoms with Crippen molar-refractivity contribution in [3.8, 4) is 0 Å². The van der Waals surface area contributed by atoms with Crippen molar-refractivity contribution < 1.29 is 0 Å². The van der Waals surface area contributed by atoms with Gasteiger partial charge in [-0.3, -0.25) is 0 Å². The van der Waals surface area contributed by atoms with E-state index < -0.39 is 8.24 Å². The molecule has 0 amide bonds. The van der Waals surface area contributed by atoms with Gasteiger partial charge in [-0.2, -0.15) is 0 Å². The lowest BCUT2D eigenvalue weighted by Gasteiger charge is -2.31. The summed E-state index contributed by atoms with van der Waals surface area (Å²) >= 11 is 1.86. The first kappa shape index (κ1) is 17.1. The average molecular weight is 377 g/mol. The van der Waals surface area contributed by atoms with Crippen molar-refractivity contribution in [1.29, 1.82) is 0 Å². The van der Waals surface area contributed by atoms with Crippen LogP contribution in [0.4, 0.5) is 0 Å². The van der Waals surface area contributed by atoms with Crippen LogP contribution in [0.5, 0.6) is 0 Å². The first-order valence-electron chi connectivity index (χ1n) is 8.99. The van der Waals surface area contributed by atoms with Crippen LogP contribution in [0.2, 0.25) is 0 Å². The van der Waals surface area contributed by atoms with Gasteiger partial charge >= 0.3 is 0 Å². The number of aromatic nitrogens is 2. The number of rotatable bonds is 4. The van der Waals surface area contributed by atoms with E-state index in [0.717, 1.165) is 0 Å². The molecule has 4 heteroatoms. The smallest absolute Gasteiger partial charge is 0.231 e. The summed E-state index contributed by atoms with van der Waals surface area (Å²) in [5, 5.41) is 4.24. The van der Waals surface area contributed by atoms with E-state index in [2.05, 4.69) is 120 Å². The zero-order valence-electron chi connectivity index (χ0n) is 15.5. The SMILES string of the molecule is CC(C)(C)n1sn1[Si](c1ccccc1)(c1ccccc1)c1ccccc1. The van der Waals surface area contributed by atoms with E-state index in [1.807, 2.05) is 11.7 Å². The normalized spacial score (nSPS) is 12.4. The van der Waals surface area contributed by atoms with Crippen molar-refractivity contribution in [3.05, 3.63) is 91.0 Å². The molecule has 26 heavy (non-hydrogen) atoms. The summed E-state index contributed by atoms with van der Waals surface area (Å²) in [5.41, 5.74) is 0.0846. The molecule has 132 valence electrons. The third-order valence-electron chi connectivity index (χ3n) is 4.73. The average Bonchev–Trinajstić information content (AvgIpc) is 3.47. The Morgan fingerprint density at radius 3 is 1.23 bits per heavy atom. The second-order valence-corrected chi connectivity index (χ2v) is 12.4. The Hall–Kier alpha value is -2.30. The predicted molar refractivity (Wildman–Crippen MR) is 115 cm³/mol. The molecule has 3 aromatic carbocycles. The Morgan fingerprint density at radius 1 is 0.615 bits per heavy atom. The van der Waals surface area contributed by atoms with E-state index in [9.17, 15) is 0 Å². The molecule has 4 aromatic rings. The van der Waals surface area contributed by atoms with Crippen LogP contribution in [-0.4, -0.2) is 16.0 Å². The number of hydrogen-bond acceptors (Lipinski definition) is 1. The molecule has 0 atom stereocenters. The first-order valence-corrected chi connectivity index (χ1v) is 11.7.